The van der Waals surface area contributed by atoms with Gasteiger partial charge in [0.05, 0.1) is 18.1 Å². The van der Waals surface area contributed by atoms with Crippen molar-refractivity contribution in [1.29, 1.82) is 0 Å². The largest absolute Gasteiger partial charge is 0.444 e. The summed E-state index contributed by atoms with van der Waals surface area (Å²) in [6, 6.07) is 6.79. The lowest BCUT2D eigenvalue weighted by Gasteiger charge is -2.33. The minimum absolute atomic E-state index is 0.303. The predicted molar refractivity (Wildman–Crippen MR) is 100 cm³/mol. The van der Waals surface area contributed by atoms with E-state index in [1.807, 2.05) is 24.3 Å². The molecular weight excluding hydrogens is 350 g/mol. The minimum Gasteiger partial charge on any atom is -0.444 e. The highest BCUT2D eigenvalue weighted by Crippen LogP contribution is 2.36. The number of amides is 1. The van der Waals surface area contributed by atoms with Crippen LogP contribution >= 0.6 is 0 Å². The maximum atomic E-state index is 12.7. The summed E-state index contributed by atoms with van der Waals surface area (Å²) in [6.45, 7) is 5.21. The molecule has 0 aliphatic carbocycles. The van der Waals surface area contributed by atoms with Gasteiger partial charge in [-0.05, 0) is 38.8 Å². The monoisotopic (exact) mass is 375 g/mol. The number of benzene rings is 1. The number of likely N-dealkylation sites (tertiary alicyclic amines) is 1. The first-order valence-electron chi connectivity index (χ1n) is 9.03. The van der Waals surface area contributed by atoms with Gasteiger partial charge in [-0.25, -0.2) is 4.79 Å². The third-order valence-electron chi connectivity index (χ3n) is 4.83. The molecule has 2 heterocycles. The first kappa shape index (κ1) is 19.2. The second-order valence-electron chi connectivity index (χ2n) is 7.93. The molecule has 2 N–H and O–H groups in total. The highest BCUT2D eigenvalue weighted by molar-refractivity contribution is 5.84. The molecule has 1 saturated heterocycles. The molecule has 1 fully saturated rings. The molecule has 0 spiro atoms. The number of carbonyl (C=O) groups is 1. The average Bonchev–Trinajstić information content (AvgIpc) is 3.15. The fourth-order valence-electron chi connectivity index (χ4n) is 3.77. The van der Waals surface area contributed by atoms with Crippen molar-refractivity contribution in [3.8, 4) is 0 Å². The number of hydrogen-bond acceptors (Lipinski definition) is 5. The second kappa shape index (κ2) is 7.19. The van der Waals surface area contributed by atoms with Gasteiger partial charge in [0.2, 0.25) is 6.54 Å². The molecule has 1 aromatic heterocycles. The minimum atomic E-state index is -0.851. The molecule has 0 unspecified atom stereocenters. The van der Waals surface area contributed by atoms with Gasteiger partial charge < -0.3 is 19.7 Å². The number of hydrogen-bond donors (Lipinski definition) is 2. The normalized spacial score (nSPS) is 21.4. The standard InChI is InChI=1S/C19H25N3O5/c1-19(2,3)27-18(24)21-9-8-16(23)17(21)14(11-22(25)26)13-10-20-15-7-5-4-6-12(13)15/h4-7,10,14,16-17,20,23H,8-9,11H2,1-3H3/t14-,16+,17-/m1/s1. The lowest BCUT2D eigenvalue weighted by Crippen LogP contribution is -2.47. The number of aliphatic hydroxyl groups excluding tert-OH is 1. The van der Waals surface area contributed by atoms with Crippen molar-refractivity contribution in [2.24, 2.45) is 0 Å². The van der Waals surface area contributed by atoms with Crippen molar-refractivity contribution in [2.75, 3.05) is 13.1 Å². The number of rotatable bonds is 4. The molecule has 1 aliphatic rings. The van der Waals surface area contributed by atoms with Crippen LogP contribution in [0.4, 0.5) is 4.79 Å². The van der Waals surface area contributed by atoms with E-state index in [2.05, 4.69) is 4.98 Å². The van der Waals surface area contributed by atoms with E-state index in [9.17, 15) is 20.0 Å². The Hall–Kier alpha value is -2.61. The van der Waals surface area contributed by atoms with E-state index in [-0.39, 0.29) is 6.54 Å². The van der Waals surface area contributed by atoms with Crippen molar-refractivity contribution in [2.45, 2.75) is 50.9 Å². The average molecular weight is 375 g/mol. The van der Waals surface area contributed by atoms with Crippen molar-refractivity contribution in [3.05, 3.63) is 46.1 Å². The summed E-state index contributed by atoms with van der Waals surface area (Å²) in [5.41, 5.74) is 0.896. The first-order valence-corrected chi connectivity index (χ1v) is 9.03. The Morgan fingerprint density at radius 1 is 1.44 bits per heavy atom. The number of aliphatic hydroxyl groups is 1. The number of H-pyrrole nitrogens is 1. The molecule has 3 atom stereocenters. The number of aromatic amines is 1. The van der Waals surface area contributed by atoms with Crippen molar-refractivity contribution in [3.63, 3.8) is 0 Å². The lowest BCUT2D eigenvalue weighted by molar-refractivity contribution is -0.484. The predicted octanol–water partition coefficient (Wildman–Crippen LogP) is 2.90. The van der Waals surface area contributed by atoms with Gasteiger partial charge in [0.25, 0.3) is 0 Å². The Balaban J connectivity index is 2.00. The van der Waals surface area contributed by atoms with E-state index in [0.29, 0.717) is 13.0 Å². The zero-order chi connectivity index (χ0) is 19.8. The van der Waals surface area contributed by atoms with Crippen LogP contribution in [0.2, 0.25) is 0 Å². The van der Waals surface area contributed by atoms with Gasteiger partial charge in [0.15, 0.2) is 0 Å². The number of ether oxygens (including phenoxy) is 1. The molecule has 1 aliphatic heterocycles. The second-order valence-corrected chi connectivity index (χ2v) is 7.93. The molecule has 1 aromatic carbocycles. The lowest BCUT2D eigenvalue weighted by atomic mass is 9.88. The van der Waals surface area contributed by atoms with E-state index in [1.165, 1.54) is 4.90 Å². The van der Waals surface area contributed by atoms with E-state index in [1.54, 1.807) is 27.0 Å². The number of nitro groups is 1. The Bertz CT molecular complexity index is 841. The summed E-state index contributed by atoms with van der Waals surface area (Å²) in [4.78, 5) is 28.2. The number of fused-ring (bicyclic) bond motifs is 1. The summed E-state index contributed by atoms with van der Waals surface area (Å²) in [5, 5.41) is 22.8. The van der Waals surface area contributed by atoms with Crippen molar-refractivity contribution in [1.82, 2.24) is 9.88 Å². The molecule has 8 nitrogen and oxygen atoms in total. The summed E-state index contributed by atoms with van der Waals surface area (Å²) >= 11 is 0. The molecule has 1 amide bonds. The smallest absolute Gasteiger partial charge is 0.410 e. The Morgan fingerprint density at radius 3 is 2.81 bits per heavy atom. The Kier molecular flexibility index (Phi) is 5.10. The van der Waals surface area contributed by atoms with Gasteiger partial charge in [-0.2, -0.15) is 0 Å². The van der Waals surface area contributed by atoms with E-state index in [0.717, 1.165) is 16.5 Å². The molecule has 3 rings (SSSR count). The first-order chi connectivity index (χ1) is 12.7. The van der Waals surface area contributed by atoms with Gasteiger partial charge in [0, 0.05) is 28.6 Å². The molecule has 0 radical (unpaired) electrons. The van der Waals surface area contributed by atoms with Crippen LogP contribution in [0.25, 0.3) is 10.9 Å². The number of nitrogens with one attached hydrogen (secondary N) is 1. The Labute approximate surface area is 157 Å². The third kappa shape index (κ3) is 4.05. The Morgan fingerprint density at radius 2 is 2.15 bits per heavy atom. The van der Waals surface area contributed by atoms with Crippen LogP contribution in [0.1, 0.15) is 38.7 Å². The maximum absolute atomic E-state index is 12.7. The van der Waals surface area contributed by atoms with Gasteiger partial charge in [-0.15, -0.1) is 0 Å². The van der Waals surface area contributed by atoms with E-state index in [4.69, 9.17) is 4.74 Å². The van der Waals surface area contributed by atoms with Gasteiger partial charge in [0.1, 0.15) is 5.60 Å². The highest BCUT2D eigenvalue weighted by atomic mass is 16.6. The van der Waals surface area contributed by atoms with Gasteiger partial charge in [-0.1, -0.05) is 18.2 Å². The summed E-state index contributed by atoms with van der Waals surface area (Å²) < 4.78 is 5.46. The molecular formula is C19H25N3O5. The van der Waals surface area contributed by atoms with Crippen LogP contribution in [-0.2, 0) is 4.74 Å². The maximum Gasteiger partial charge on any atom is 0.410 e. The molecule has 0 bridgehead atoms. The summed E-state index contributed by atoms with van der Waals surface area (Å²) in [7, 11) is 0. The summed E-state index contributed by atoms with van der Waals surface area (Å²) in [6.07, 6.45) is 0.686. The molecule has 2 aromatic rings. The number of para-hydroxylation sites is 1. The van der Waals surface area contributed by atoms with Gasteiger partial charge >= 0.3 is 6.09 Å². The highest BCUT2D eigenvalue weighted by Gasteiger charge is 2.45. The molecule has 0 saturated carbocycles. The number of carbonyl (C=O) groups excluding carboxylic acids is 1. The SMILES string of the molecule is CC(C)(C)OC(=O)N1CC[C@H](O)[C@H]1[C@H](C[N+](=O)[O-])c1c[nH]c2ccccc12. The summed E-state index contributed by atoms with van der Waals surface area (Å²) in [5.74, 6) is -0.652. The van der Waals surface area contributed by atoms with Crippen LogP contribution in [0.5, 0.6) is 0 Å². The quantitative estimate of drug-likeness (QED) is 0.631. The van der Waals surface area contributed by atoms with Crippen LogP contribution < -0.4 is 0 Å². The molecule has 8 heteroatoms. The van der Waals surface area contributed by atoms with E-state index >= 15 is 0 Å². The van der Waals surface area contributed by atoms with Crippen LogP contribution in [0, 0.1) is 10.1 Å². The van der Waals surface area contributed by atoms with Crippen molar-refractivity contribution >= 4 is 17.0 Å². The molecule has 27 heavy (non-hydrogen) atoms. The van der Waals surface area contributed by atoms with Gasteiger partial charge in [-0.3, -0.25) is 10.1 Å². The third-order valence-corrected chi connectivity index (χ3v) is 4.83. The number of aromatic nitrogens is 1. The fourth-order valence-corrected chi connectivity index (χ4v) is 3.77. The zero-order valence-corrected chi connectivity index (χ0v) is 15.7. The van der Waals surface area contributed by atoms with Crippen LogP contribution in [-0.4, -0.2) is 56.8 Å². The van der Waals surface area contributed by atoms with Crippen LogP contribution in [0.3, 0.4) is 0 Å². The topological polar surface area (TPSA) is 109 Å². The van der Waals surface area contributed by atoms with Crippen molar-refractivity contribution < 1.29 is 19.6 Å². The van der Waals surface area contributed by atoms with E-state index < -0.39 is 34.7 Å². The number of nitrogens with zero attached hydrogens (tertiary/aromatic N) is 2. The zero-order valence-electron chi connectivity index (χ0n) is 15.7. The van der Waals surface area contributed by atoms with Crippen LogP contribution in [0.15, 0.2) is 30.5 Å². The fraction of sp³-hybridized carbons (Fsp3) is 0.526. The molecule has 146 valence electrons.